The van der Waals surface area contributed by atoms with Gasteiger partial charge in [-0.25, -0.2) is 0 Å². The minimum atomic E-state index is 0. The summed E-state index contributed by atoms with van der Waals surface area (Å²) < 4.78 is 7.10. The van der Waals surface area contributed by atoms with Crippen LogP contribution in [-0.2, 0) is 13.2 Å². The first-order chi connectivity index (χ1) is 12.7. The second-order valence-electron chi connectivity index (χ2n) is 6.58. The molecule has 0 spiro atoms. The molecule has 2 aromatic rings. The normalized spacial score (nSPS) is 10.5. The molecule has 5 heteroatoms. The summed E-state index contributed by atoms with van der Waals surface area (Å²) in [6.45, 7) is 4.59. The number of nitrogens with one attached hydrogen (secondary N) is 1. The van der Waals surface area contributed by atoms with Crippen molar-refractivity contribution in [2.75, 3.05) is 6.54 Å². The zero-order valence-corrected chi connectivity index (χ0v) is 19.1. The molecule has 0 aliphatic rings. The monoisotopic (exact) mass is 473 g/mol. The fraction of sp³-hybridized carbons (Fsp3) is 0.455. The molecule has 1 N–H and O–H groups in total. The van der Waals surface area contributed by atoms with E-state index in [1.54, 1.807) is 0 Å². The van der Waals surface area contributed by atoms with Gasteiger partial charge in [0, 0.05) is 27.2 Å². The number of rotatable bonds is 12. The van der Waals surface area contributed by atoms with Crippen LogP contribution < -0.4 is 10.1 Å². The summed E-state index contributed by atoms with van der Waals surface area (Å²) in [5.74, 6) is 0.906. The highest BCUT2D eigenvalue weighted by molar-refractivity contribution is 9.10. The molecule has 0 saturated heterocycles. The maximum absolute atomic E-state index is 6.22. The predicted molar refractivity (Wildman–Crippen MR) is 122 cm³/mol. The van der Waals surface area contributed by atoms with E-state index in [1.807, 2.05) is 36.4 Å². The van der Waals surface area contributed by atoms with Crippen LogP contribution in [0.2, 0.25) is 5.02 Å². The Bertz CT molecular complexity index is 667. The van der Waals surface area contributed by atoms with E-state index in [2.05, 4.69) is 34.2 Å². The Morgan fingerprint density at radius 1 is 0.963 bits per heavy atom. The highest BCUT2D eigenvalue weighted by atomic mass is 79.9. The van der Waals surface area contributed by atoms with E-state index < -0.39 is 0 Å². The second kappa shape index (κ2) is 14.3. The van der Waals surface area contributed by atoms with Crippen molar-refractivity contribution in [1.29, 1.82) is 0 Å². The third-order valence-corrected chi connectivity index (χ3v) is 5.25. The van der Waals surface area contributed by atoms with Crippen molar-refractivity contribution in [1.82, 2.24) is 5.32 Å². The Labute approximate surface area is 183 Å². The number of benzene rings is 2. The molecule has 0 aliphatic carbocycles. The number of hydrogen-bond acceptors (Lipinski definition) is 2. The van der Waals surface area contributed by atoms with Crippen LogP contribution in [0.1, 0.15) is 56.6 Å². The fourth-order valence-electron chi connectivity index (χ4n) is 2.85. The summed E-state index contributed by atoms with van der Waals surface area (Å²) in [5, 5.41) is 4.29. The molecule has 0 aliphatic heterocycles. The van der Waals surface area contributed by atoms with Gasteiger partial charge in [0.1, 0.15) is 12.4 Å². The van der Waals surface area contributed by atoms with Gasteiger partial charge in [-0.15, -0.1) is 12.4 Å². The Morgan fingerprint density at radius 3 is 2.48 bits per heavy atom. The van der Waals surface area contributed by atoms with Crippen LogP contribution in [0, 0.1) is 0 Å². The molecule has 2 nitrogen and oxygen atoms in total. The van der Waals surface area contributed by atoms with E-state index in [1.165, 1.54) is 38.5 Å². The lowest BCUT2D eigenvalue weighted by Crippen LogP contribution is -2.15. The van der Waals surface area contributed by atoms with Crippen molar-refractivity contribution in [3.05, 3.63) is 63.1 Å². The van der Waals surface area contributed by atoms with Gasteiger partial charge in [0.05, 0.1) is 0 Å². The van der Waals surface area contributed by atoms with E-state index in [0.717, 1.165) is 39.5 Å². The van der Waals surface area contributed by atoms with Crippen molar-refractivity contribution in [3.8, 4) is 5.75 Å². The quantitative estimate of drug-likeness (QED) is 0.320. The molecule has 0 atom stereocenters. The SMILES string of the molecule is CCCCCCCCNCc1cc(Br)ccc1OCc1ccccc1Cl.Cl. The molecule has 0 amide bonds. The van der Waals surface area contributed by atoms with Gasteiger partial charge in [0.15, 0.2) is 0 Å². The van der Waals surface area contributed by atoms with E-state index in [-0.39, 0.29) is 12.4 Å². The molecule has 0 saturated carbocycles. The highest BCUT2D eigenvalue weighted by Gasteiger charge is 2.06. The maximum atomic E-state index is 6.22. The second-order valence-corrected chi connectivity index (χ2v) is 7.90. The van der Waals surface area contributed by atoms with Crippen molar-refractivity contribution in [2.24, 2.45) is 0 Å². The fourth-order valence-corrected chi connectivity index (χ4v) is 3.45. The van der Waals surface area contributed by atoms with Gasteiger partial charge in [-0.1, -0.05) is 84.8 Å². The van der Waals surface area contributed by atoms with Gasteiger partial charge in [-0.05, 0) is 37.2 Å². The van der Waals surface area contributed by atoms with Crippen LogP contribution in [0.5, 0.6) is 5.75 Å². The number of unbranched alkanes of at least 4 members (excludes halogenated alkanes) is 5. The van der Waals surface area contributed by atoms with E-state index in [4.69, 9.17) is 16.3 Å². The minimum absolute atomic E-state index is 0. The first kappa shape index (κ1) is 24.3. The summed E-state index contributed by atoms with van der Waals surface area (Å²) in [4.78, 5) is 0. The molecule has 2 rings (SSSR count). The first-order valence-electron chi connectivity index (χ1n) is 9.56. The molecule has 0 aromatic heterocycles. The largest absolute Gasteiger partial charge is 0.489 e. The number of ether oxygens (including phenoxy) is 1. The molecule has 2 aromatic carbocycles. The number of halogens is 3. The molecular weight excluding hydrogens is 445 g/mol. The summed E-state index contributed by atoms with van der Waals surface area (Å²) >= 11 is 9.78. The Kier molecular flexibility index (Phi) is 12.9. The molecule has 0 unspecified atom stereocenters. The van der Waals surface area contributed by atoms with Crippen molar-refractivity contribution in [2.45, 2.75) is 58.6 Å². The van der Waals surface area contributed by atoms with Crippen molar-refractivity contribution in [3.63, 3.8) is 0 Å². The molecule has 0 radical (unpaired) electrons. The lowest BCUT2D eigenvalue weighted by atomic mass is 10.1. The third-order valence-electron chi connectivity index (χ3n) is 4.39. The van der Waals surface area contributed by atoms with Crippen LogP contribution in [-0.4, -0.2) is 6.54 Å². The zero-order valence-electron chi connectivity index (χ0n) is 16.0. The summed E-state index contributed by atoms with van der Waals surface area (Å²) in [7, 11) is 0. The van der Waals surface area contributed by atoms with Gasteiger partial charge in [0.2, 0.25) is 0 Å². The van der Waals surface area contributed by atoms with Crippen molar-refractivity contribution < 1.29 is 4.74 Å². The molecule has 27 heavy (non-hydrogen) atoms. The standard InChI is InChI=1S/C22H29BrClNO.ClH/c1-2-3-4-5-6-9-14-25-16-19-15-20(23)12-13-22(19)26-17-18-10-7-8-11-21(18)24;/h7-8,10-13,15,25H,2-6,9,14,16-17H2,1H3;1H. The summed E-state index contributed by atoms with van der Waals surface area (Å²) in [5.41, 5.74) is 2.17. The topological polar surface area (TPSA) is 21.3 Å². The zero-order chi connectivity index (χ0) is 18.6. The van der Waals surface area contributed by atoms with Crippen LogP contribution in [0.25, 0.3) is 0 Å². The average molecular weight is 475 g/mol. The predicted octanol–water partition coefficient (Wildman–Crippen LogP) is 7.55. The van der Waals surface area contributed by atoms with Crippen LogP contribution in [0.15, 0.2) is 46.9 Å². The molecule has 0 heterocycles. The summed E-state index contributed by atoms with van der Waals surface area (Å²) in [6, 6.07) is 14.0. The van der Waals surface area contributed by atoms with Crippen molar-refractivity contribution >= 4 is 39.9 Å². The first-order valence-corrected chi connectivity index (χ1v) is 10.7. The van der Waals surface area contributed by atoms with Gasteiger partial charge in [-0.2, -0.15) is 0 Å². The van der Waals surface area contributed by atoms with Crippen LogP contribution >= 0.6 is 39.9 Å². The molecule has 150 valence electrons. The molecular formula is C22H30BrCl2NO. The Morgan fingerprint density at radius 2 is 1.70 bits per heavy atom. The van der Waals surface area contributed by atoms with Gasteiger partial charge < -0.3 is 10.1 Å². The number of hydrogen-bond donors (Lipinski definition) is 1. The Hall–Kier alpha value is -0.740. The van der Waals surface area contributed by atoms with Crippen LogP contribution in [0.4, 0.5) is 0 Å². The average Bonchev–Trinajstić information content (AvgIpc) is 2.64. The van der Waals surface area contributed by atoms with Gasteiger partial charge in [0.25, 0.3) is 0 Å². The van der Waals surface area contributed by atoms with Gasteiger partial charge >= 0.3 is 0 Å². The summed E-state index contributed by atoms with van der Waals surface area (Å²) in [6.07, 6.45) is 7.91. The Balaban J connectivity index is 0.00000364. The third kappa shape index (κ3) is 9.34. The minimum Gasteiger partial charge on any atom is -0.489 e. The molecule has 0 bridgehead atoms. The smallest absolute Gasteiger partial charge is 0.124 e. The highest BCUT2D eigenvalue weighted by Crippen LogP contribution is 2.25. The lowest BCUT2D eigenvalue weighted by molar-refractivity contribution is 0.302. The van der Waals surface area contributed by atoms with E-state index >= 15 is 0 Å². The van der Waals surface area contributed by atoms with E-state index in [0.29, 0.717) is 6.61 Å². The lowest BCUT2D eigenvalue weighted by Gasteiger charge is -2.13. The van der Waals surface area contributed by atoms with Gasteiger partial charge in [-0.3, -0.25) is 0 Å². The molecule has 0 fully saturated rings. The van der Waals surface area contributed by atoms with Crippen LogP contribution in [0.3, 0.4) is 0 Å². The van der Waals surface area contributed by atoms with E-state index in [9.17, 15) is 0 Å². The maximum Gasteiger partial charge on any atom is 0.124 e.